The summed E-state index contributed by atoms with van der Waals surface area (Å²) in [6.07, 6.45) is -7.59. The van der Waals surface area contributed by atoms with Crippen LogP contribution in [0.1, 0.15) is 19.3 Å². The van der Waals surface area contributed by atoms with E-state index >= 15 is 0 Å². The molecule has 19 atom stereocenters. The molecule has 0 amide bonds. The van der Waals surface area contributed by atoms with Gasteiger partial charge in [-0.1, -0.05) is 5.11 Å². The van der Waals surface area contributed by atoms with Crippen molar-refractivity contribution in [2.75, 3.05) is 88.5 Å². The van der Waals surface area contributed by atoms with Crippen LogP contribution in [0, 0.1) is 23.7 Å². The van der Waals surface area contributed by atoms with E-state index in [1.54, 1.807) is 21.2 Å². The van der Waals surface area contributed by atoms with Crippen molar-refractivity contribution >= 4 is 0 Å². The number of rotatable bonds is 22. The molecule has 0 aromatic rings. The van der Waals surface area contributed by atoms with Gasteiger partial charge >= 0.3 is 0 Å². The van der Waals surface area contributed by atoms with Gasteiger partial charge in [-0.05, 0) is 59.5 Å². The molecular weight excluding hydrogens is 740 g/mol. The number of nitrogens with one attached hydrogen (secondary N) is 4. The van der Waals surface area contributed by atoms with Crippen LogP contribution in [0.25, 0.3) is 10.4 Å². The summed E-state index contributed by atoms with van der Waals surface area (Å²) in [5, 5.41) is 68.4. The molecule has 1 saturated carbocycles. The molecule has 0 spiro atoms. The van der Waals surface area contributed by atoms with Crippen LogP contribution in [0.3, 0.4) is 0 Å². The second-order valence-corrected chi connectivity index (χ2v) is 14.9. The van der Waals surface area contributed by atoms with Gasteiger partial charge in [0.2, 0.25) is 0 Å². The Kier molecular flexibility index (Phi) is 19.8. The molecule has 326 valence electrons. The first kappa shape index (κ1) is 47.3. The number of aliphatic hydroxyl groups is 5. The lowest BCUT2D eigenvalue weighted by Gasteiger charge is -2.51. The lowest BCUT2D eigenvalue weighted by atomic mass is 9.79. The van der Waals surface area contributed by atoms with Gasteiger partial charge in [-0.15, -0.1) is 0 Å². The molecule has 3 aliphatic heterocycles. The van der Waals surface area contributed by atoms with Crippen LogP contribution in [0.5, 0.6) is 0 Å². The minimum absolute atomic E-state index is 0.0814. The van der Waals surface area contributed by atoms with Crippen molar-refractivity contribution < 1.29 is 63.4 Å². The standard InChI is InChI=1S/C35H68N8O13/c1-38-21-11-22(39-2)29(54-34-27(41-4)20(16-48)18(14-46)25(53-34)12-42-43-37)31(28(21)49-5)56-35-32(50-6)30(24(52-35)8-10-44)55-33-26(40-3)19(15-47)17(13-45)23(51-33)7-9-36/h17-35,38-41,44-48H,7-16,36H2,1-6H3. The highest BCUT2D eigenvalue weighted by Crippen LogP contribution is 2.40. The minimum atomic E-state index is -1.06. The molecule has 0 bridgehead atoms. The van der Waals surface area contributed by atoms with E-state index in [1.807, 2.05) is 14.1 Å². The van der Waals surface area contributed by atoms with Crippen molar-refractivity contribution in [3.05, 3.63) is 10.4 Å². The van der Waals surface area contributed by atoms with Gasteiger partial charge in [0.25, 0.3) is 0 Å². The molecule has 4 aliphatic rings. The lowest BCUT2D eigenvalue weighted by molar-refractivity contribution is -0.307. The van der Waals surface area contributed by atoms with Crippen LogP contribution >= 0.6 is 0 Å². The van der Waals surface area contributed by atoms with Gasteiger partial charge in [-0.3, -0.25) is 0 Å². The van der Waals surface area contributed by atoms with Gasteiger partial charge in [0.1, 0.15) is 30.5 Å². The number of aliphatic hydroxyl groups excluding tert-OH is 5. The van der Waals surface area contributed by atoms with Gasteiger partial charge < -0.3 is 90.4 Å². The van der Waals surface area contributed by atoms with Gasteiger partial charge in [0, 0.05) is 87.9 Å². The summed E-state index contributed by atoms with van der Waals surface area (Å²) < 4.78 is 52.0. The Morgan fingerprint density at radius 2 is 1.12 bits per heavy atom. The van der Waals surface area contributed by atoms with Crippen molar-refractivity contribution in [3.8, 4) is 0 Å². The van der Waals surface area contributed by atoms with E-state index in [0.29, 0.717) is 19.4 Å². The van der Waals surface area contributed by atoms with Crippen LogP contribution in [0.15, 0.2) is 5.11 Å². The van der Waals surface area contributed by atoms with E-state index in [-0.39, 0.29) is 64.0 Å². The second-order valence-electron chi connectivity index (χ2n) is 14.9. The second kappa shape index (κ2) is 23.4. The molecule has 0 aromatic heterocycles. The average molecular weight is 809 g/mol. The lowest BCUT2D eigenvalue weighted by Crippen LogP contribution is -2.68. The van der Waals surface area contributed by atoms with Gasteiger partial charge in [-0.25, -0.2) is 0 Å². The van der Waals surface area contributed by atoms with Gasteiger partial charge in [0.15, 0.2) is 18.9 Å². The summed E-state index contributed by atoms with van der Waals surface area (Å²) in [6.45, 7) is -1.04. The third kappa shape index (κ3) is 10.3. The van der Waals surface area contributed by atoms with Crippen LogP contribution in [0.2, 0.25) is 0 Å². The summed E-state index contributed by atoms with van der Waals surface area (Å²) in [5.41, 5.74) is 15.0. The van der Waals surface area contributed by atoms with E-state index in [2.05, 4.69) is 31.3 Å². The Morgan fingerprint density at radius 3 is 1.61 bits per heavy atom. The first-order chi connectivity index (χ1) is 27.2. The summed E-state index contributed by atoms with van der Waals surface area (Å²) in [6, 6.07) is -1.63. The molecule has 21 heteroatoms. The molecule has 4 rings (SSSR count). The summed E-state index contributed by atoms with van der Waals surface area (Å²) >= 11 is 0. The Bertz CT molecular complexity index is 1180. The molecule has 3 heterocycles. The van der Waals surface area contributed by atoms with Crippen molar-refractivity contribution in [1.82, 2.24) is 21.3 Å². The minimum Gasteiger partial charge on any atom is -0.396 e. The van der Waals surface area contributed by atoms with E-state index in [0.717, 1.165) is 0 Å². The number of azide groups is 1. The van der Waals surface area contributed by atoms with Gasteiger partial charge in [-0.2, -0.15) is 0 Å². The van der Waals surface area contributed by atoms with Crippen molar-refractivity contribution in [2.45, 2.75) is 111 Å². The molecular formula is C35H68N8O13. The third-order valence-electron chi connectivity index (χ3n) is 12.3. The van der Waals surface area contributed by atoms with Gasteiger partial charge in [0.05, 0.1) is 36.9 Å². The zero-order chi connectivity index (χ0) is 40.9. The number of ether oxygens (including phenoxy) is 8. The first-order valence-corrected chi connectivity index (χ1v) is 19.7. The number of hydrogen-bond donors (Lipinski definition) is 10. The molecule has 11 N–H and O–H groups in total. The zero-order valence-corrected chi connectivity index (χ0v) is 33.5. The summed E-state index contributed by atoms with van der Waals surface area (Å²) in [7, 11) is 10.2. The van der Waals surface area contributed by atoms with Crippen molar-refractivity contribution in [3.63, 3.8) is 0 Å². The molecule has 21 nitrogen and oxygen atoms in total. The van der Waals surface area contributed by atoms with Crippen molar-refractivity contribution in [1.29, 1.82) is 0 Å². The Morgan fingerprint density at radius 1 is 0.625 bits per heavy atom. The first-order valence-electron chi connectivity index (χ1n) is 19.7. The summed E-state index contributed by atoms with van der Waals surface area (Å²) in [5.74, 6) is -1.86. The van der Waals surface area contributed by atoms with Crippen molar-refractivity contribution in [2.24, 2.45) is 34.5 Å². The fourth-order valence-corrected chi connectivity index (χ4v) is 9.30. The number of likely N-dealkylation sites (N-methyl/N-ethyl adjacent to an activating group) is 4. The zero-order valence-electron chi connectivity index (χ0n) is 33.5. The fraction of sp³-hybridized carbons (Fsp3) is 1.00. The SMILES string of the molecule is CNC1CC(NC)C(OC2OC(CN=[N+]=[N-])C(CO)C(CO)C2NC)C(OC2OC(CCO)C(OC3OC(CCN)C(CO)C(CO)C3NC)C2OC)C1OC. The molecule has 56 heavy (non-hydrogen) atoms. The average Bonchev–Trinajstić information content (AvgIpc) is 3.53. The molecule has 19 unspecified atom stereocenters. The predicted molar refractivity (Wildman–Crippen MR) is 200 cm³/mol. The van der Waals surface area contributed by atoms with E-state index in [1.165, 1.54) is 7.11 Å². The van der Waals surface area contributed by atoms with E-state index in [9.17, 15) is 25.5 Å². The van der Waals surface area contributed by atoms with Crippen LogP contribution < -0.4 is 27.0 Å². The molecule has 4 fully saturated rings. The maximum atomic E-state index is 10.5. The Balaban J connectivity index is 1.68. The quantitative estimate of drug-likeness (QED) is 0.0289. The number of nitrogens with zero attached hydrogens (tertiary/aromatic N) is 3. The maximum Gasteiger partial charge on any atom is 0.187 e. The monoisotopic (exact) mass is 808 g/mol. The molecule has 1 aliphatic carbocycles. The molecule has 0 aromatic carbocycles. The highest BCUT2D eigenvalue weighted by molar-refractivity contribution is 5.04. The van der Waals surface area contributed by atoms with E-state index in [4.69, 9.17) is 49.2 Å². The third-order valence-corrected chi connectivity index (χ3v) is 12.3. The van der Waals surface area contributed by atoms with Crippen LogP contribution in [-0.4, -0.2) is 206 Å². The maximum absolute atomic E-state index is 10.5. The van der Waals surface area contributed by atoms with E-state index < -0.39 is 97.5 Å². The normalized spacial score (nSPS) is 43.1. The molecule has 3 saturated heterocycles. The number of methoxy groups -OCH3 is 2. The Hall–Kier alpha value is -1.41. The number of nitrogens with two attached hydrogens (primary N) is 1. The fourth-order valence-electron chi connectivity index (χ4n) is 9.30. The Labute approximate surface area is 329 Å². The summed E-state index contributed by atoms with van der Waals surface area (Å²) in [4.78, 5) is 2.88. The van der Waals surface area contributed by atoms with Crippen LogP contribution in [0.4, 0.5) is 0 Å². The largest absolute Gasteiger partial charge is 0.396 e. The predicted octanol–water partition coefficient (Wildman–Crippen LogP) is -3.42. The smallest absolute Gasteiger partial charge is 0.187 e. The molecule has 0 radical (unpaired) electrons. The van der Waals surface area contributed by atoms with Crippen LogP contribution in [-0.2, 0) is 37.9 Å². The highest BCUT2D eigenvalue weighted by Gasteiger charge is 2.56. The topological polar surface area (TPSA) is 298 Å². The highest BCUT2D eigenvalue weighted by atomic mass is 16.8. The number of hydrogen-bond acceptors (Lipinski definition) is 19.